The summed E-state index contributed by atoms with van der Waals surface area (Å²) in [5, 5.41) is 5.75. The molecule has 0 fully saturated rings. The van der Waals surface area contributed by atoms with Crippen molar-refractivity contribution in [3.05, 3.63) is 98.0 Å². The number of nitrogens with zero attached hydrogens (tertiary/aromatic N) is 1. The molecular formula is C27H24N2O5S. The molecule has 0 saturated heterocycles. The van der Waals surface area contributed by atoms with Crippen molar-refractivity contribution in [1.82, 2.24) is 4.90 Å². The Bertz CT molecular complexity index is 1460. The maximum absolute atomic E-state index is 13.9. The quantitative estimate of drug-likeness (QED) is 0.397. The Kier molecular flexibility index (Phi) is 6.23. The van der Waals surface area contributed by atoms with Crippen molar-refractivity contribution in [2.24, 2.45) is 0 Å². The van der Waals surface area contributed by atoms with E-state index in [1.807, 2.05) is 42.6 Å². The number of carbonyl (C=O) groups is 2. The summed E-state index contributed by atoms with van der Waals surface area (Å²) in [6.07, 6.45) is 0. The van der Waals surface area contributed by atoms with Crippen LogP contribution in [-0.4, -0.2) is 37.0 Å². The molecule has 8 heteroatoms. The summed E-state index contributed by atoms with van der Waals surface area (Å²) in [6, 6.07) is 17.3. The number of benzene rings is 2. The first kappa shape index (κ1) is 23.0. The highest BCUT2D eigenvalue weighted by Gasteiger charge is 2.44. The van der Waals surface area contributed by atoms with Gasteiger partial charge in [-0.3, -0.25) is 9.59 Å². The molecule has 178 valence electrons. The Balaban J connectivity index is 1.58. The minimum Gasteiger partial charge on any atom is -0.423 e. The van der Waals surface area contributed by atoms with Crippen LogP contribution in [0.3, 0.4) is 0 Å². The van der Waals surface area contributed by atoms with Crippen LogP contribution >= 0.6 is 11.3 Å². The summed E-state index contributed by atoms with van der Waals surface area (Å²) >= 11 is 1.51. The summed E-state index contributed by atoms with van der Waals surface area (Å²) in [5.74, 6) is -1.01. The van der Waals surface area contributed by atoms with E-state index in [0.29, 0.717) is 35.5 Å². The second-order valence-electron chi connectivity index (χ2n) is 8.47. The van der Waals surface area contributed by atoms with Crippen LogP contribution in [0.1, 0.15) is 38.3 Å². The number of anilines is 1. The van der Waals surface area contributed by atoms with Crippen molar-refractivity contribution in [2.75, 3.05) is 25.6 Å². The van der Waals surface area contributed by atoms with Gasteiger partial charge in [-0.15, -0.1) is 11.3 Å². The first-order valence-corrected chi connectivity index (χ1v) is 12.1. The van der Waals surface area contributed by atoms with E-state index in [0.717, 1.165) is 15.8 Å². The third kappa shape index (κ3) is 4.26. The van der Waals surface area contributed by atoms with E-state index in [2.05, 4.69) is 5.32 Å². The van der Waals surface area contributed by atoms with Crippen molar-refractivity contribution in [3.63, 3.8) is 0 Å². The number of methoxy groups -OCH3 is 1. The van der Waals surface area contributed by atoms with E-state index >= 15 is 0 Å². The van der Waals surface area contributed by atoms with Crippen LogP contribution in [0.5, 0.6) is 0 Å². The molecule has 4 aromatic rings. The van der Waals surface area contributed by atoms with Gasteiger partial charge < -0.3 is 19.4 Å². The highest BCUT2D eigenvalue weighted by atomic mass is 32.1. The number of amides is 2. The molecule has 7 nitrogen and oxygen atoms in total. The lowest BCUT2D eigenvalue weighted by Crippen LogP contribution is -2.47. The Hall–Kier alpha value is -3.75. The topological polar surface area (TPSA) is 88.9 Å². The van der Waals surface area contributed by atoms with E-state index in [9.17, 15) is 14.4 Å². The number of fused-ring (bicyclic) bond motifs is 2. The van der Waals surface area contributed by atoms with Crippen molar-refractivity contribution in [3.8, 4) is 0 Å². The monoisotopic (exact) mass is 488 g/mol. The number of hydrogen-bond donors (Lipinski definition) is 1. The molecule has 3 heterocycles. The SMILES string of the molecule is COCCN1C(=O)c2ccccc2[C@H](C(=O)Nc2ccc3c(C)cc(=O)oc3c2)[C@@H]1c1cccs1. The summed E-state index contributed by atoms with van der Waals surface area (Å²) in [5.41, 5.74) is 2.48. The molecule has 1 N–H and O–H groups in total. The molecule has 2 atom stereocenters. The lowest BCUT2D eigenvalue weighted by atomic mass is 9.81. The Morgan fingerprint density at radius 1 is 1.11 bits per heavy atom. The van der Waals surface area contributed by atoms with E-state index < -0.39 is 17.6 Å². The molecular weight excluding hydrogens is 464 g/mol. The largest absolute Gasteiger partial charge is 0.423 e. The molecule has 0 radical (unpaired) electrons. The van der Waals surface area contributed by atoms with Crippen molar-refractivity contribution in [1.29, 1.82) is 0 Å². The van der Waals surface area contributed by atoms with Crippen molar-refractivity contribution < 1.29 is 18.7 Å². The Morgan fingerprint density at radius 2 is 1.94 bits per heavy atom. The molecule has 2 aromatic heterocycles. The minimum absolute atomic E-state index is 0.122. The van der Waals surface area contributed by atoms with E-state index in [1.165, 1.54) is 17.4 Å². The van der Waals surface area contributed by atoms with Crippen LogP contribution in [0.2, 0.25) is 0 Å². The summed E-state index contributed by atoms with van der Waals surface area (Å²) in [6.45, 7) is 2.55. The highest BCUT2D eigenvalue weighted by Crippen LogP contribution is 2.44. The number of hydrogen-bond acceptors (Lipinski definition) is 6. The fourth-order valence-corrected chi connectivity index (χ4v) is 5.58. The van der Waals surface area contributed by atoms with Gasteiger partial charge in [0, 0.05) is 47.3 Å². The first-order chi connectivity index (χ1) is 17.0. The molecule has 0 aliphatic carbocycles. The molecule has 2 aromatic carbocycles. The van der Waals surface area contributed by atoms with E-state index in [1.54, 1.807) is 36.3 Å². The number of aryl methyl sites for hydroxylation is 1. The molecule has 2 amide bonds. The maximum Gasteiger partial charge on any atom is 0.336 e. The second kappa shape index (κ2) is 9.48. The number of carbonyl (C=O) groups excluding carboxylic acids is 2. The van der Waals surface area contributed by atoms with Gasteiger partial charge in [-0.1, -0.05) is 24.3 Å². The zero-order valence-electron chi connectivity index (χ0n) is 19.3. The molecule has 0 spiro atoms. The molecule has 35 heavy (non-hydrogen) atoms. The minimum atomic E-state index is -0.639. The number of nitrogens with one attached hydrogen (secondary N) is 1. The molecule has 5 rings (SSSR count). The van der Waals surface area contributed by atoms with Crippen LogP contribution < -0.4 is 10.9 Å². The molecule has 0 bridgehead atoms. The zero-order chi connectivity index (χ0) is 24.5. The van der Waals surface area contributed by atoms with Crippen LogP contribution in [0.25, 0.3) is 11.0 Å². The van der Waals surface area contributed by atoms with Gasteiger partial charge in [0.2, 0.25) is 5.91 Å². The van der Waals surface area contributed by atoms with E-state index in [4.69, 9.17) is 9.15 Å². The number of ether oxygens (including phenoxy) is 1. The fraction of sp³-hybridized carbons (Fsp3) is 0.222. The summed E-state index contributed by atoms with van der Waals surface area (Å²) < 4.78 is 10.6. The highest BCUT2D eigenvalue weighted by molar-refractivity contribution is 7.10. The smallest absolute Gasteiger partial charge is 0.336 e. The predicted octanol–water partition coefficient (Wildman–Crippen LogP) is 4.73. The fourth-order valence-electron chi connectivity index (χ4n) is 4.71. The molecule has 0 saturated carbocycles. The predicted molar refractivity (Wildman–Crippen MR) is 135 cm³/mol. The van der Waals surface area contributed by atoms with Gasteiger partial charge in [-0.05, 0) is 47.7 Å². The average molecular weight is 489 g/mol. The number of thiophene rings is 1. The van der Waals surface area contributed by atoms with Gasteiger partial charge in [0.25, 0.3) is 5.91 Å². The van der Waals surface area contributed by atoms with Gasteiger partial charge in [0.05, 0.1) is 18.6 Å². The average Bonchev–Trinajstić information content (AvgIpc) is 3.37. The summed E-state index contributed by atoms with van der Waals surface area (Å²) in [7, 11) is 1.59. The zero-order valence-corrected chi connectivity index (χ0v) is 20.1. The first-order valence-electron chi connectivity index (χ1n) is 11.3. The van der Waals surface area contributed by atoms with Gasteiger partial charge >= 0.3 is 5.63 Å². The standard InChI is InChI=1S/C27H24N2O5S/c1-16-14-23(30)34-21-15-17(9-10-18(16)21)28-26(31)24-19-6-3-4-7-20(19)27(32)29(11-12-33-2)25(24)22-8-5-13-35-22/h3-10,13-15,24-25H,11-12H2,1-2H3,(H,28,31)/t24-,25-/m0/s1. The molecule has 1 aliphatic heterocycles. The van der Waals surface area contributed by atoms with Crippen LogP contribution in [0, 0.1) is 6.92 Å². The number of rotatable bonds is 6. The van der Waals surface area contributed by atoms with Crippen LogP contribution in [0.15, 0.2) is 75.3 Å². The summed E-state index contributed by atoms with van der Waals surface area (Å²) in [4.78, 5) is 41.8. The lowest BCUT2D eigenvalue weighted by molar-refractivity contribution is -0.119. The van der Waals surface area contributed by atoms with Gasteiger partial charge in [-0.2, -0.15) is 0 Å². The Labute approximate surface area is 205 Å². The lowest BCUT2D eigenvalue weighted by Gasteiger charge is -2.41. The molecule has 0 unspecified atom stereocenters. The Morgan fingerprint density at radius 3 is 2.71 bits per heavy atom. The van der Waals surface area contributed by atoms with Crippen LogP contribution in [0.4, 0.5) is 5.69 Å². The third-order valence-electron chi connectivity index (χ3n) is 6.31. The molecule has 1 aliphatic rings. The second-order valence-corrected chi connectivity index (χ2v) is 9.44. The van der Waals surface area contributed by atoms with Gasteiger partial charge in [0.15, 0.2) is 0 Å². The van der Waals surface area contributed by atoms with Crippen molar-refractivity contribution in [2.45, 2.75) is 18.9 Å². The van der Waals surface area contributed by atoms with Gasteiger partial charge in [-0.25, -0.2) is 4.79 Å². The maximum atomic E-state index is 13.9. The van der Waals surface area contributed by atoms with E-state index in [-0.39, 0.29) is 11.8 Å². The van der Waals surface area contributed by atoms with Crippen LogP contribution in [-0.2, 0) is 9.53 Å². The van der Waals surface area contributed by atoms with Gasteiger partial charge in [0.1, 0.15) is 5.58 Å². The van der Waals surface area contributed by atoms with Crippen molar-refractivity contribution >= 4 is 39.8 Å². The third-order valence-corrected chi connectivity index (χ3v) is 7.25. The normalized spacial score (nSPS) is 17.4.